The first-order valence-corrected chi connectivity index (χ1v) is 6.91. The molecule has 0 saturated heterocycles. The number of aryl methyl sites for hydroxylation is 2. The first-order chi connectivity index (χ1) is 9.74. The van der Waals surface area contributed by atoms with E-state index in [0.717, 1.165) is 36.1 Å². The van der Waals surface area contributed by atoms with Crippen LogP contribution in [0.5, 0.6) is 5.75 Å². The molecule has 0 bridgehead atoms. The van der Waals surface area contributed by atoms with Crippen molar-refractivity contribution < 1.29 is 4.74 Å². The maximum absolute atomic E-state index is 5.85. The van der Waals surface area contributed by atoms with E-state index < -0.39 is 0 Å². The Balaban J connectivity index is 2.08. The van der Waals surface area contributed by atoms with Gasteiger partial charge in [0.05, 0.1) is 5.69 Å². The molecule has 2 heterocycles. The quantitative estimate of drug-likeness (QED) is 0.833. The number of ether oxygens (including phenoxy) is 1. The SMILES string of the molecule is CCNCc1nc(C)ccc1OCc1ncnn1CC. The van der Waals surface area contributed by atoms with Gasteiger partial charge in [-0.15, -0.1) is 0 Å². The van der Waals surface area contributed by atoms with E-state index in [0.29, 0.717) is 13.2 Å². The third-order valence-corrected chi connectivity index (χ3v) is 2.97. The standard InChI is InChI=1S/C14H21N5O/c1-4-15-8-12-13(7-6-11(3)18-12)20-9-14-16-10-17-19(14)5-2/h6-7,10,15H,4-5,8-9H2,1-3H3. The Morgan fingerprint density at radius 1 is 1.30 bits per heavy atom. The second-order valence-electron chi connectivity index (χ2n) is 4.46. The van der Waals surface area contributed by atoms with E-state index in [1.54, 1.807) is 6.33 Å². The maximum Gasteiger partial charge on any atom is 0.164 e. The third-order valence-electron chi connectivity index (χ3n) is 2.97. The Morgan fingerprint density at radius 3 is 2.90 bits per heavy atom. The van der Waals surface area contributed by atoms with Gasteiger partial charge >= 0.3 is 0 Å². The van der Waals surface area contributed by atoms with E-state index in [9.17, 15) is 0 Å². The van der Waals surface area contributed by atoms with Gasteiger partial charge in [-0.1, -0.05) is 6.92 Å². The molecule has 0 aromatic carbocycles. The van der Waals surface area contributed by atoms with Crippen LogP contribution in [0.15, 0.2) is 18.5 Å². The van der Waals surface area contributed by atoms with Gasteiger partial charge in [0.25, 0.3) is 0 Å². The zero-order valence-electron chi connectivity index (χ0n) is 12.3. The van der Waals surface area contributed by atoms with Crippen LogP contribution in [0, 0.1) is 6.92 Å². The summed E-state index contributed by atoms with van der Waals surface area (Å²) in [4.78, 5) is 8.73. The van der Waals surface area contributed by atoms with Crippen molar-refractivity contribution in [2.75, 3.05) is 6.54 Å². The summed E-state index contributed by atoms with van der Waals surface area (Å²) >= 11 is 0. The van der Waals surface area contributed by atoms with Gasteiger partial charge in [-0.05, 0) is 32.5 Å². The molecule has 108 valence electrons. The zero-order chi connectivity index (χ0) is 14.4. The molecule has 0 atom stereocenters. The lowest BCUT2D eigenvalue weighted by Gasteiger charge is -2.11. The first-order valence-electron chi connectivity index (χ1n) is 6.91. The minimum Gasteiger partial charge on any atom is -0.484 e. The van der Waals surface area contributed by atoms with Crippen LogP contribution < -0.4 is 10.1 Å². The average molecular weight is 275 g/mol. The Morgan fingerprint density at radius 2 is 2.15 bits per heavy atom. The fourth-order valence-electron chi connectivity index (χ4n) is 1.91. The molecule has 0 fully saturated rings. The fourth-order valence-corrected chi connectivity index (χ4v) is 1.91. The van der Waals surface area contributed by atoms with E-state index in [2.05, 4.69) is 27.3 Å². The van der Waals surface area contributed by atoms with Crippen LogP contribution in [0.2, 0.25) is 0 Å². The van der Waals surface area contributed by atoms with Crippen LogP contribution in [0.1, 0.15) is 31.1 Å². The minimum absolute atomic E-state index is 0.401. The van der Waals surface area contributed by atoms with E-state index >= 15 is 0 Å². The molecule has 0 aliphatic carbocycles. The van der Waals surface area contributed by atoms with Crippen LogP contribution in [0.4, 0.5) is 0 Å². The number of hydrogen-bond acceptors (Lipinski definition) is 5. The van der Waals surface area contributed by atoms with Gasteiger partial charge in [-0.2, -0.15) is 5.10 Å². The summed E-state index contributed by atoms with van der Waals surface area (Å²) in [6, 6.07) is 3.91. The number of pyridine rings is 1. The fraction of sp³-hybridized carbons (Fsp3) is 0.500. The van der Waals surface area contributed by atoms with Crippen molar-refractivity contribution in [2.45, 2.75) is 40.5 Å². The number of nitrogens with one attached hydrogen (secondary N) is 1. The summed E-state index contributed by atoms with van der Waals surface area (Å²) < 4.78 is 7.68. The normalized spacial score (nSPS) is 10.8. The Bertz CT molecular complexity index is 552. The third kappa shape index (κ3) is 3.54. The second kappa shape index (κ2) is 7.00. The second-order valence-corrected chi connectivity index (χ2v) is 4.46. The molecular formula is C14H21N5O. The van der Waals surface area contributed by atoms with Crippen molar-refractivity contribution in [3.63, 3.8) is 0 Å². The number of hydrogen-bond donors (Lipinski definition) is 1. The Labute approximate surface area is 119 Å². The highest BCUT2D eigenvalue weighted by molar-refractivity contribution is 5.29. The highest BCUT2D eigenvalue weighted by Crippen LogP contribution is 2.18. The van der Waals surface area contributed by atoms with Gasteiger partial charge in [0.1, 0.15) is 18.7 Å². The van der Waals surface area contributed by atoms with Crippen molar-refractivity contribution in [1.82, 2.24) is 25.1 Å². The topological polar surface area (TPSA) is 64.9 Å². The molecule has 0 aliphatic rings. The van der Waals surface area contributed by atoms with Crippen molar-refractivity contribution >= 4 is 0 Å². The number of rotatable bonds is 7. The molecule has 2 aromatic heterocycles. The van der Waals surface area contributed by atoms with E-state index in [-0.39, 0.29) is 0 Å². The molecule has 0 aliphatic heterocycles. The van der Waals surface area contributed by atoms with E-state index in [4.69, 9.17) is 4.74 Å². The van der Waals surface area contributed by atoms with Gasteiger partial charge in [-0.25, -0.2) is 9.67 Å². The van der Waals surface area contributed by atoms with Crippen LogP contribution in [0.3, 0.4) is 0 Å². The van der Waals surface area contributed by atoms with Crippen molar-refractivity contribution in [3.05, 3.63) is 35.7 Å². The summed E-state index contributed by atoms with van der Waals surface area (Å²) in [5, 5.41) is 7.40. The maximum atomic E-state index is 5.85. The number of aromatic nitrogens is 4. The summed E-state index contributed by atoms with van der Waals surface area (Å²) in [5.41, 5.74) is 1.91. The van der Waals surface area contributed by atoms with Crippen LogP contribution in [-0.2, 0) is 19.7 Å². The summed E-state index contributed by atoms with van der Waals surface area (Å²) in [7, 11) is 0. The van der Waals surface area contributed by atoms with Gasteiger partial charge < -0.3 is 10.1 Å². The van der Waals surface area contributed by atoms with Gasteiger partial charge in [0, 0.05) is 18.8 Å². The van der Waals surface area contributed by atoms with Crippen molar-refractivity contribution in [1.29, 1.82) is 0 Å². The first kappa shape index (κ1) is 14.5. The summed E-state index contributed by atoms with van der Waals surface area (Å²) in [6.07, 6.45) is 1.55. The van der Waals surface area contributed by atoms with Crippen LogP contribution in [0.25, 0.3) is 0 Å². The van der Waals surface area contributed by atoms with Crippen molar-refractivity contribution in [2.24, 2.45) is 0 Å². The van der Waals surface area contributed by atoms with Gasteiger partial charge in [0.15, 0.2) is 5.82 Å². The summed E-state index contributed by atoms with van der Waals surface area (Å²) in [5.74, 6) is 1.62. The molecule has 2 aromatic rings. The minimum atomic E-state index is 0.401. The van der Waals surface area contributed by atoms with E-state index in [1.807, 2.05) is 30.7 Å². The Hall–Kier alpha value is -1.95. The monoisotopic (exact) mass is 275 g/mol. The highest BCUT2D eigenvalue weighted by atomic mass is 16.5. The predicted molar refractivity (Wildman–Crippen MR) is 76.4 cm³/mol. The average Bonchev–Trinajstić information content (AvgIpc) is 2.91. The highest BCUT2D eigenvalue weighted by Gasteiger charge is 2.08. The van der Waals surface area contributed by atoms with Crippen LogP contribution >= 0.6 is 0 Å². The lowest BCUT2D eigenvalue weighted by atomic mass is 10.3. The molecule has 0 saturated carbocycles. The molecule has 0 unspecified atom stereocenters. The molecule has 0 radical (unpaired) electrons. The van der Waals surface area contributed by atoms with E-state index in [1.165, 1.54) is 0 Å². The lowest BCUT2D eigenvalue weighted by molar-refractivity contribution is 0.282. The zero-order valence-corrected chi connectivity index (χ0v) is 12.3. The molecule has 0 amide bonds. The van der Waals surface area contributed by atoms with Gasteiger partial charge in [0.2, 0.25) is 0 Å². The predicted octanol–water partition coefficient (Wildman–Crippen LogP) is 1.69. The molecule has 6 nitrogen and oxygen atoms in total. The molecule has 20 heavy (non-hydrogen) atoms. The Kier molecular flexibility index (Phi) is 5.06. The molecule has 1 N–H and O–H groups in total. The van der Waals surface area contributed by atoms with Crippen molar-refractivity contribution in [3.8, 4) is 5.75 Å². The van der Waals surface area contributed by atoms with Gasteiger partial charge in [-0.3, -0.25) is 4.98 Å². The largest absolute Gasteiger partial charge is 0.484 e. The molecule has 6 heteroatoms. The number of nitrogens with zero attached hydrogens (tertiary/aromatic N) is 4. The molecule has 2 rings (SSSR count). The lowest BCUT2D eigenvalue weighted by Crippen LogP contribution is -2.15. The smallest absolute Gasteiger partial charge is 0.164 e. The summed E-state index contributed by atoms with van der Waals surface area (Å²) in [6.45, 7) is 8.87. The molecule has 0 spiro atoms. The van der Waals surface area contributed by atoms with Crippen LogP contribution in [-0.4, -0.2) is 26.3 Å². The molecular weight excluding hydrogens is 254 g/mol.